The maximum absolute atomic E-state index is 15.8. The number of primary amides is 1. The maximum Gasteiger partial charge on any atom is 0.324 e. The zero-order chi connectivity index (χ0) is 67.4. The SMILES string of the molecule is CN[C@H](CC(C)C)C(=O)N[C@H]1C(=O)N[C@@H](CC(N)=O)C(=O)N[C@H]2C(=O)N[C@H]3C(=O)N[C@H](C(=O)N[C@H](C(=O)N(C(=O)NC4CCCCC4)C4CCCCC4)c4cc(O)cc(O)c4-c4cc3ccc4O)[C@H](O)c3ccc(cc3)Oc3cc2cc(c3O)Oc2ccc(cc2Cl)C1O. The largest absolute Gasteiger partial charge is 0.508 e. The van der Waals surface area contributed by atoms with E-state index in [4.69, 9.17) is 26.8 Å². The number of aromatic hydroxyl groups is 4. The lowest BCUT2D eigenvalue weighted by molar-refractivity contribution is -0.139. The fourth-order valence-corrected chi connectivity index (χ4v) is 12.9. The molecule has 9 atom stereocenters. The number of phenols is 4. The Morgan fingerprint density at radius 3 is 1.93 bits per heavy atom. The number of carbonyl (C=O) groups excluding carboxylic acids is 9. The summed E-state index contributed by atoms with van der Waals surface area (Å²) in [5, 5.41) is 92.6. The number of likely N-dealkylation sites (N-methyl/N-ethyl adjacent to an activating group) is 1. The molecule has 11 bridgehead atoms. The molecule has 27 nitrogen and oxygen atoms in total. The highest BCUT2D eigenvalue weighted by atomic mass is 35.5. The quantitative estimate of drug-likeness (QED) is 0.0887. The zero-order valence-corrected chi connectivity index (χ0v) is 52.3. The fraction of sp³-hybridized carbons (Fsp3) is 0.409. The predicted molar refractivity (Wildman–Crippen MR) is 337 cm³/mol. The molecule has 1 unspecified atom stereocenters. The number of hydrogen-bond donors (Lipinski definition) is 15. The van der Waals surface area contributed by atoms with Crippen LogP contribution in [0.2, 0.25) is 5.02 Å². The second kappa shape index (κ2) is 28.7. The van der Waals surface area contributed by atoms with E-state index in [0.29, 0.717) is 38.5 Å². The van der Waals surface area contributed by atoms with Crippen LogP contribution in [0.15, 0.2) is 84.9 Å². The molecular formula is C66H75ClN10O17. The highest BCUT2D eigenvalue weighted by Crippen LogP contribution is 2.47. The second-order valence-corrected chi connectivity index (χ2v) is 25.1. The molecule has 12 rings (SSSR count). The molecule has 2 saturated carbocycles. The number of amides is 10. The highest BCUT2D eigenvalue weighted by molar-refractivity contribution is 6.32. The van der Waals surface area contributed by atoms with Gasteiger partial charge in [-0.15, -0.1) is 0 Å². The van der Waals surface area contributed by atoms with Crippen LogP contribution in [0.1, 0.15) is 149 Å². The summed E-state index contributed by atoms with van der Waals surface area (Å²) < 4.78 is 12.5. The number of benzene rings is 5. The van der Waals surface area contributed by atoms with Crippen molar-refractivity contribution in [2.45, 2.75) is 157 Å². The number of nitrogens with one attached hydrogen (secondary N) is 8. The molecule has 7 aliphatic rings. The number of aliphatic hydroxyl groups is 2. The van der Waals surface area contributed by atoms with Gasteiger partial charge in [0.1, 0.15) is 77.2 Å². The third kappa shape index (κ3) is 14.7. The number of fused-ring (bicyclic) bond motifs is 15. The molecule has 16 N–H and O–H groups in total. The monoisotopic (exact) mass is 1310 g/mol. The van der Waals surface area contributed by atoms with E-state index in [1.165, 1.54) is 55.6 Å². The molecule has 10 amide bonds. The third-order valence-electron chi connectivity index (χ3n) is 17.6. The van der Waals surface area contributed by atoms with Gasteiger partial charge in [0.25, 0.3) is 5.91 Å². The number of aliphatic hydroxyl groups excluding tert-OH is 2. The standard InChI is InChI=1S/C66H75ClN10O17/c1-30(2)22-42(69-3)59(85)75-55-57(83)33-17-21-46(41(67)24-33)94-48-26-34-25-47(58(48)84)93-38-18-14-31(15-19-38)56(82)54-64(90)74-53(65(91)77(36-12-8-5-9-13-36)66(92)70-35-10-6-4-7-11-35)40-27-37(78)28-45(80)50(40)39-23-32(16-20-44(39)79)51(61(87)76-54)73-62(88)52(34)72-60(86)43(29-49(68)81)71-63(55)89/h14-21,23-28,30,35-36,42-43,51-57,69,78-80,82-84H,4-13,22,29H2,1-3H3,(H2,68,81)(H,70,92)(H,71,89)(H,72,86)(H,73,88)(H,74,90)(H,75,85)(H,76,87)/t42-,43+,51-,52-,53+,54+,55-,56-,57?/m1/s1. The van der Waals surface area contributed by atoms with E-state index in [-0.39, 0.29) is 68.3 Å². The minimum Gasteiger partial charge on any atom is -0.508 e. The number of ether oxygens (including phenoxy) is 2. The Labute approximate surface area is 544 Å². The van der Waals surface area contributed by atoms with Crippen LogP contribution in [0.4, 0.5) is 4.79 Å². The van der Waals surface area contributed by atoms with Gasteiger partial charge in [-0.25, -0.2) is 4.79 Å². The van der Waals surface area contributed by atoms with Crippen molar-refractivity contribution in [1.29, 1.82) is 0 Å². The molecule has 5 aromatic carbocycles. The summed E-state index contributed by atoms with van der Waals surface area (Å²) in [5.41, 5.74) is 3.92. The summed E-state index contributed by atoms with van der Waals surface area (Å²) in [6, 6.07) is 1.48. The first-order valence-corrected chi connectivity index (χ1v) is 31.5. The van der Waals surface area contributed by atoms with Crippen LogP contribution in [0, 0.1) is 5.92 Å². The lowest BCUT2D eigenvalue weighted by Crippen LogP contribution is -2.59. The fourth-order valence-electron chi connectivity index (χ4n) is 12.7. The molecule has 0 aromatic heterocycles. The molecule has 2 aliphatic carbocycles. The van der Waals surface area contributed by atoms with E-state index in [2.05, 4.69) is 42.5 Å². The van der Waals surface area contributed by atoms with Gasteiger partial charge in [-0.2, -0.15) is 0 Å². The van der Waals surface area contributed by atoms with Crippen molar-refractivity contribution in [3.05, 3.63) is 118 Å². The lowest BCUT2D eigenvalue weighted by atomic mass is 9.88. The van der Waals surface area contributed by atoms with Crippen molar-refractivity contribution in [3.63, 3.8) is 0 Å². The number of phenolic OH excluding ortho intramolecular Hbond substituents is 4. The summed E-state index contributed by atoms with van der Waals surface area (Å²) in [7, 11) is 1.51. The molecule has 0 spiro atoms. The first-order chi connectivity index (χ1) is 44.9. The molecule has 498 valence electrons. The van der Waals surface area contributed by atoms with E-state index >= 15 is 24.0 Å². The maximum atomic E-state index is 15.8. The number of imide groups is 1. The summed E-state index contributed by atoms with van der Waals surface area (Å²) in [6.07, 6.45) is 2.08. The number of halogens is 1. The topological polar surface area (TPSA) is 419 Å². The van der Waals surface area contributed by atoms with Crippen molar-refractivity contribution in [2.24, 2.45) is 11.7 Å². The van der Waals surface area contributed by atoms with Gasteiger partial charge >= 0.3 is 6.03 Å². The van der Waals surface area contributed by atoms with Gasteiger partial charge in [-0.1, -0.05) is 88.2 Å². The Hall–Kier alpha value is -9.70. The summed E-state index contributed by atoms with van der Waals surface area (Å²) >= 11 is 6.83. The summed E-state index contributed by atoms with van der Waals surface area (Å²) in [6.45, 7) is 3.70. The smallest absolute Gasteiger partial charge is 0.324 e. The van der Waals surface area contributed by atoms with Gasteiger partial charge < -0.3 is 88.4 Å². The second-order valence-electron chi connectivity index (χ2n) is 24.7. The van der Waals surface area contributed by atoms with E-state index < -0.39 is 160 Å². The summed E-state index contributed by atoms with van der Waals surface area (Å²) in [4.78, 5) is 135. The molecule has 28 heteroatoms. The van der Waals surface area contributed by atoms with E-state index in [9.17, 15) is 49.8 Å². The number of nitrogens with zero attached hydrogens (tertiary/aromatic N) is 1. The highest BCUT2D eigenvalue weighted by Gasteiger charge is 2.44. The van der Waals surface area contributed by atoms with Crippen LogP contribution in [-0.4, -0.2) is 132 Å². The number of rotatable bonds is 10. The van der Waals surface area contributed by atoms with E-state index in [0.717, 1.165) is 67.0 Å². The molecule has 5 heterocycles. The van der Waals surface area contributed by atoms with E-state index in [1.54, 1.807) is 0 Å². The molecule has 2 fully saturated rings. The van der Waals surface area contributed by atoms with Crippen molar-refractivity contribution in [3.8, 4) is 57.1 Å². The normalized spacial score (nSPS) is 23.1. The van der Waals surface area contributed by atoms with Crippen LogP contribution < -0.4 is 57.7 Å². The molecule has 0 radical (unpaired) electrons. The van der Waals surface area contributed by atoms with Crippen LogP contribution in [-0.2, 0) is 38.4 Å². The minimum atomic E-state index is -2.14. The number of hydrogen-bond acceptors (Lipinski definition) is 18. The predicted octanol–water partition coefficient (Wildman–Crippen LogP) is 4.86. The molecular weight excluding hydrogens is 1240 g/mol. The first-order valence-electron chi connectivity index (χ1n) is 31.2. The minimum absolute atomic E-state index is 0.0346. The number of urea groups is 1. The van der Waals surface area contributed by atoms with Crippen LogP contribution in [0.5, 0.6) is 46.0 Å². The Balaban J connectivity index is 1.14. The molecule has 0 saturated heterocycles. The van der Waals surface area contributed by atoms with Crippen LogP contribution >= 0.6 is 11.6 Å². The lowest BCUT2D eigenvalue weighted by Gasteiger charge is -2.37. The Morgan fingerprint density at radius 2 is 1.27 bits per heavy atom. The summed E-state index contributed by atoms with van der Waals surface area (Å²) in [5.74, 6) is -13.4. The van der Waals surface area contributed by atoms with Crippen LogP contribution in [0.25, 0.3) is 11.1 Å². The van der Waals surface area contributed by atoms with Gasteiger partial charge in [-0.05, 0) is 127 Å². The van der Waals surface area contributed by atoms with Crippen molar-refractivity contribution in [2.75, 3.05) is 7.05 Å². The number of nitrogens with two attached hydrogens (primary N) is 1. The molecule has 5 aromatic rings. The first kappa shape index (κ1) is 67.2. The Morgan fingerprint density at radius 1 is 0.638 bits per heavy atom. The van der Waals surface area contributed by atoms with Crippen molar-refractivity contribution >= 4 is 64.9 Å². The average molecular weight is 1320 g/mol. The van der Waals surface area contributed by atoms with Crippen molar-refractivity contribution < 1.29 is 83.3 Å². The average Bonchev–Trinajstić information content (AvgIpc) is 0.765. The van der Waals surface area contributed by atoms with Gasteiger partial charge in [-0.3, -0.25) is 43.3 Å². The molecule has 5 aliphatic heterocycles. The Bertz CT molecular complexity index is 3780. The van der Waals surface area contributed by atoms with Gasteiger partial charge in [0, 0.05) is 29.3 Å². The van der Waals surface area contributed by atoms with Crippen molar-refractivity contribution in [1.82, 2.24) is 47.4 Å². The zero-order valence-electron chi connectivity index (χ0n) is 51.6. The van der Waals surface area contributed by atoms with Gasteiger partial charge in [0.05, 0.1) is 17.5 Å². The molecule has 94 heavy (non-hydrogen) atoms. The van der Waals surface area contributed by atoms with E-state index in [1.807, 2.05) is 13.8 Å². The Kier molecular flexibility index (Phi) is 20.5. The van der Waals surface area contributed by atoms with Crippen LogP contribution in [0.3, 0.4) is 0 Å². The number of carbonyl (C=O) groups is 9. The van der Waals surface area contributed by atoms with Gasteiger partial charge in [0.2, 0.25) is 47.1 Å². The third-order valence-corrected chi connectivity index (χ3v) is 17.9. The van der Waals surface area contributed by atoms with Gasteiger partial charge in [0.15, 0.2) is 11.5 Å².